The molecule has 1 fully saturated rings. The Morgan fingerprint density at radius 1 is 1.27 bits per heavy atom. The minimum Gasteiger partial charge on any atom is -0.458 e. The third-order valence-electron chi connectivity index (χ3n) is 5.46. The van der Waals surface area contributed by atoms with Gasteiger partial charge < -0.3 is 9.47 Å². The van der Waals surface area contributed by atoms with Gasteiger partial charge in [0.25, 0.3) is 12.2 Å². The fourth-order valence-corrected chi connectivity index (χ4v) is 3.99. The van der Waals surface area contributed by atoms with Gasteiger partial charge >= 0.3 is 5.97 Å². The lowest BCUT2D eigenvalue weighted by Gasteiger charge is -2.19. The summed E-state index contributed by atoms with van der Waals surface area (Å²) in [7, 11) is 0. The van der Waals surface area contributed by atoms with Gasteiger partial charge in [-0.15, -0.1) is 0 Å². The smallest absolute Gasteiger partial charge is 0.337 e. The predicted octanol–water partition coefficient (Wildman–Crippen LogP) is 2.20. The zero-order chi connectivity index (χ0) is 18.6. The maximum Gasteiger partial charge on any atom is 0.337 e. The van der Waals surface area contributed by atoms with E-state index in [9.17, 15) is 14.4 Å². The summed E-state index contributed by atoms with van der Waals surface area (Å²) in [6.07, 6.45) is 1.18. The molecule has 1 aromatic rings. The molecule has 0 radical (unpaired) electrons. The first kappa shape index (κ1) is 16.6. The molecule has 2 aliphatic heterocycles. The summed E-state index contributed by atoms with van der Waals surface area (Å²) >= 11 is 0. The molecular formula is C20H19NO5. The van der Waals surface area contributed by atoms with Gasteiger partial charge in [0.15, 0.2) is 0 Å². The Labute approximate surface area is 151 Å². The first-order valence-corrected chi connectivity index (χ1v) is 8.56. The fraction of sp³-hybridized carbons (Fsp3) is 0.350. The Morgan fingerprint density at radius 2 is 2.00 bits per heavy atom. The number of rotatable bonds is 2. The number of benzene rings is 1. The van der Waals surface area contributed by atoms with E-state index in [-0.39, 0.29) is 23.8 Å². The van der Waals surface area contributed by atoms with Crippen LogP contribution in [0.4, 0.5) is 0 Å². The first-order chi connectivity index (χ1) is 12.4. The largest absolute Gasteiger partial charge is 0.458 e. The number of hydrogen-bond donors (Lipinski definition) is 0. The van der Waals surface area contributed by atoms with Crippen molar-refractivity contribution in [3.05, 3.63) is 58.4 Å². The zero-order valence-electron chi connectivity index (χ0n) is 14.8. The maximum atomic E-state index is 12.8. The van der Waals surface area contributed by atoms with Crippen molar-refractivity contribution in [2.75, 3.05) is 0 Å². The molecule has 0 N–H and O–H groups in total. The molecular weight excluding hydrogens is 334 g/mol. The lowest BCUT2D eigenvalue weighted by molar-refractivity contribution is -0.153. The number of esters is 1. The molecule has 3 unspecified atom stereocenters. The highest BCUT2D eigenvalue weighted by molar-refractivity contribution is 6.08. The van der Waals surface area contributed by atoms with Gasteiger partial charge in [0.1, 0.15) is 0 Å². The third-order valence-corrected chi connectivity index (χ3v) is 5.46. The molecule has 1 aliphatic carbocycles. The van der Waals surface area contributed by atoms with Crippen LogP contribution in [0.15, 0.2) is 47.2 Å². The number of fused-ring (bicyclic) bond motifs is 3. The molecule has 0 spiro atoms. The molecule has 4 rings (SSSR count). The normalized spacial score (nSPS) is 28.5. The number of amides is 2. The number of carbonyl (C=O) groups is 3. The number of hydrogen-bond acceptors (Lipinski definition) is 5. The average molecular weight is 353 g/mol. The van der Waals surface area contributed by atoms with Crippen LogP contribution in [0.25, 0.3) is 0 Å². The molecule has 3 aliphatic rings. The third kappa shape index (κ3) is 2.29. The minimum absolute atomic E-state index is 0.218. The molecule has 6 heteroatoms. The van der Waals surface area contributed by atoms with Gasteiger partial charge in [0.05, 0.1) is 17.9 Å². The molecule has 1 aromatic carbocycles. The molecule has 6 nitrogen and oxygen atoms in total. The second-order valence-electron chi connectivity index (χ2n) is 6.90. The maximum absolute atomic E-state index is 12.8. The summed E-state index contributed by atoms with van der Waals surface area (Å²) < 4.78 is 10.8. The summed E-state index contributed by atoms with van der Waals surface area (Å²) in [6.45, 7) is 4.84. The average Bonchev–Trinajstić information content (AvgIpc) is 3.18. The number of ether oxygens (including phenoxy) is 2. The number of cyclic esters (lactones) is 1. The van der Waals surface area contributed by atoms with E-state index in [0.29, 0.717) is 23.1 Å². The zero-order valence-corrected chi connectivity index (χ0v) is 14.8. The van der Waals surface area contributed by atoms with Crippen molar-refractivity contribution >= 4 is 17.8 Å². The van der Waals surface area contributed by atoms with Crippen LogP contribution in [0.1, 0.15) is 37.8 Å². The second kappa shape index (κ2) is 5.83. The molecule has 0 saturated carbocycles. The van der Waals surface area contributed by atoms with Crippen molar-refractivity contribution in [1.29, 1.82) is 0 Å². The second-order valence-corrected chi connectivity index (χ2v) is 6.90. The Kier molecular flexibility index (Phi) is 3.72. The van der Waals surface area contributed by atoms with Crippen molar-refractivity contribution in [1.82, 2.24) is 4.90 Å². The highest BCUT2D eigenvalue weighted by Crippen LogP contribution is 2.46. The van der Waals surface area contributed by atoms with Crippen molar-refractivity contribution < 1.29 is 23.9 Å². The monoisotopic (exact) mass is 353 g/mol. The van der Waals surface area contributed by atoms with E-state index in [4.69, 9.17) is 9.47 Å². The van der Waals surface area contributed by atoms with Crippen LogP contribution in [0.3, 0.4) is 0 Å². The highest BCUT2D eigenvalue weighted by atomic mass is 16.7. The number of likely N-dealkylation sites (tertiary alicyclic amines) is 1. The van der Waals surface area contributed by atoms with Crippen LogP contribution in [-0.4, -0.2) is 35.0 Å². The standard InChI is InChI=1S/C20H19NO5/c1-10-11(2)20(26-19(10)24)25-9-15-17-14-7-5-4-6-13(14)8-16(17)21(12(3)22)18(15)23/h4-7,9,16-17,20H,8H2,1-3H3/b15-9+. The predicted molar refractivity (Wildman–Crippen MR) is 91.6 cm³/mol. The summed E-state index contributed by atoms with van der Waals surface area (Å²) in [4.78, 5) is 37.8. The Morgan fingerprint density at radius 3 is 2.65 bits per heavy atom. The molecule has 2 amide bonds. The van der Waals surface area contributed by atoms with Crippen molar-refractivity contribution in [2.24, 2.45) is 0 Å². The van der Waals surface area contributed by atoms with Crippen LogP contribution in [0.5, 0.6) is 0 Å². The number of nitrogens with zero attached hydrogens (tertiary/aromatic N) is 1. The Hall–Kier alpha value is -2.89. The van der Waals surface area contributed by atoms with Gasteiger partial charge in [0, 0.05) is 24.0 Å². The summed E-state index contributed by atoms with van der Waals surface area (Å²) in [5.41, 5.74) is 3.79. The van der Waals surface area contributed by atoms with Crippen LogP contribution < -0.4 is 0 Å². The van der Waals surface area contributed by atoms with Crippen LogP contribution in [0, 0.1) is 0 Å². The first-order valence-electron chi connectivity index (χ1n) is 8.56. The molecule has 26 heavy (non-hydrogen) atoms. The quantitative estimate of drug-likeness (QED) is 0.463. The van der Waals surface area contributed by atoms with Gasteiger partial charge in [-0.05, 0) is 31.4 Å². The molecule has 0 aromatic heterocycles. The van der Waals surface area contributed by atoms with Gasteiger partial charge in [-0.25, -0.2) is 4.79 Å². The Bertz CT molecular complexity index is 897. The lowest BCUT2D eigenvalue weighted by atomic mass is 9.94. The summed E-state index contributed by atoms with van der Waals surface area (Å²) in [5, 5.41) is 0. The van der Waals surface area contributed by atoms with Crippen LogP contribution in [-0.2, 0) is 30.3 Å². The van der Waals surface area contributed by atoms with Gasteiger partial charge in [-0.3, -0.25) is 14.5 Å². The highest BCUT2D eigenvalue weighted by Gasteiger charge is 2.51. The van der Waals surface area contributed by atoms with E-state index in [1.165, 1.54) is 18.1 Å². The van der Waals surface area contributed by atoms with E-state index >= 15 is 0 Å². The lowest BCUT2D eigenvalue weighted by Crippen LogP contribution is -2.38. The number of imide groups is 1. The molecule has 1 saturated heterocycles. The van der Waals surface area contributed by atoms with E-state index in [1.807, 2.05) is 24.3 Å². The fourth-order valence-electron chi connectivity index (χ4n) is 3.99. The van der Waals surface area contributed by atoms with E-state index in [0.717, 1.165) is 11.1 Å². The van der Waals surface area contributed by atoms with E-state index in [2.05, 4.69) is 0 Å². The molecule has 0 bridgehead atoms. The van der Waals surface area contributed by atoms with Crippen LogP contribution in [0.2, 0.25) is 0 Å². The Balaban J connectivity index is 1.69. The SMILES string of the molecule is CC(=O)N1C(=O)/C(=C/OC2OC(=O)C(C)=C2C)C2c3ccccc3CC21. The number of carbonyl (C=O) groups excluding carboxylic acids is 3. The van der Waals surface area contributed by atoms with Crippen molar-refractivity contribution in [2.45, 2.75) is 45.4 Å². The molecule has 3 atom stereocenters. The van der Waals surface area contributed by atoms with Crippen molar-refractivity contribution in [3.63, 3.8) is 0 Å². The van der Waals surface area contributed by atoms with Crippen molar-refractivity contribution in [3.8, 4) is 0 Å². The van der Waals surface area contributed by atoms with Gasteiger partial charge in [-0.2, -0.15) is 0 Å². The minimum atomic E-state index is -0.829. The van der Waals surface area contributed by atoms with E-state index in [1.54, 1.807) is 13.8 Å². The molecule has 134 valence electrons. The molecule has 2 heterocycles. The summed E-state index contributed by atoms with van der Waals surface area (Å²) in [6, 6.07) is 7.65. The van der Waals surface area contributed by atoms with Gasteiger partial charge in [0.2, 0.25) is 5.91 Å². The van der Waals surface area contributed by atoms with Gasteiger partial charge in [-0.1, -0.05) is 24.3 Å². The van der Waals surface area contributed by atoms with E-state index < -0.39 is 12.3 Å². The van der Waals surface area contributed by atoms with Crippen LogP contribution >= 0.6 is 0 Å². The topological polar surface area (TPSA) is 72.9 Å². The summed E-state index contributed by atoms with van der Waals surface area (Å²) in [5.74, 6) is -1.26.